The molecule has 0 saturated carbocycles. The molecule has 1 amide bonds. The highest BCUT2D eigenvalue weighted by atomic mass is 16.6. The Kier molecular flexibility index (Phi) is 5.18. The van der Waals surface area contributed by atoms with E-state index in [1.165, 1.54) is 6.42 Å². The average molecular weight is 296 g/mol. The molecule has 0 aliphatic carbocycles. The third-order valence-electron chi connectivity index (χ3n) is 4.49. The van der Waals surface area contributed by atoms with E-state index in [0.29, 0.717) is 18.1 Å². The molecule has 2 unspecified atom stereocenters. The van der Waals surface area contributed by atoms with Gasteiger partial charge in [0.15, 0.2) is 0 Å². The molecular weight excluding hydrogens is 264 g/mol. The van der Waals surface area contributed by atoms with Gasteiger partial charge in [0, 0.05) is 18.1 Å². The lowest BCUT2D eigenvalue weighted by Gasteiger charge is -2.39. The summed E-state index contributed by atoms with van der Waals surface area (Å²) >= 11 is 0. The van der Waals surface area contributed by atoms with E-state index in [2.05, 4.69) is 19.2 Å². The van der Waals surface area contributed by atoms with Gasteiger partial charge in [0.25, 0.3) is 0 Å². The first-order valence-corrected chi connectivity index (χ1v) is 8.51. The van der Waals surface area contributed by atoms with Crippen molar-refractivity contribution in [3.63, 3.8) is 0 Å². The minimum atomic E-state index is -0.400. The number of piperidine rings is 1. The fraction of sp³-hybridized carbons (Fsp3) is 0.941. The summed E-state index contributed by atoms with van der Waals surface area (Å²) in [5, 5.41) is 3.68. The number of fused-ring (bicyclic) bond motifs is 2. The van der Waals surface area contributed by atoms with Crippen LogP contribution in [0.2, 0.25) is 0 Å². The number of nitrogens with zero attached hydrogens (tertiary/aromatic N) is 1. The first-order valence-electron chi connectivity index (χ1n) is 8.51. The van der Waals surface area contributed by atoms with Crippen LogP contribution in [0.4, 0.5) is 4.79 Å². The summed E-state index contributed by atoms with van der Waals surface area (Å²) in [7, 11) is 0. The zero-order valence-electron chi connectivity index (χ0n) is 14.3. The fourth-order valence-corrected chi connectivity index (χ4v) is 3.53. The van der Waals surface area contributed by atoms with Gasteiger partial charge >= 0.3 is 6.09 Å². The second-order valence-electron chi connectivity index (χ2n) is 8.08. The van der Waals surface area contributed by atoms with Gasteiger partial charge in [-0.05, 0) is 65.3 Å². The maximum absolute atomic E-state index is 12.4. The molecule has 2 fully saturated rings. The zero-order chi connectivity index (χ0) is 15.6. The van der Waals surface area contributed by atoms with Crippen LogP contribution in [0.1, 0.15) is 66.7 Å². The standard InChI is InChI=1S/C17H32N2O2/c1-12(2)8-9-18-13-10-14-6-7-15(11-13)19(14)16(20)21-17(3,4)5/h12-15,18H,6-11H2,1-5H3. The van der Waals surface area contributed by atoms with Crippen LogP contribution in [-0.2, 0) is 4.74 Å². The van der Waals surface area contributed by atoms with Crippen LogP contribution in [0.15, 0.2) is 0 Å². The summed E-state index contributed by atoms with van der Waals surface area (Å²) in [4.78, 5) is 14.4. The molecule has 0 aromatic rings. The van der Waals surface area contributed by atoms with Gasteiger partial charge in [0.05, 0.1) is 0 Å². The van der Waals surface area contributed by atoms with Crippen LogP contribution in [-0.4, -0.2) is 41.3 Å². The van der Waals surface area contributed by atoms with E-state index in [0.717, 1.165) is 38.1 Å². The minimum Gasteiger partial charge on any atom is -0.444 e. The van der Waals surface area contributed by atoms with Crippen molar-refractivity contribution in [2.45, 2.75) is 90.4 Å². The molecule has 0 aromatic carbocycles. The smallest absolute Gasteiger partial charge is 0.410 e. The molecule has 21 heavy (non-hydrogen) atoms. The lowest BCUT2D eigenvalue weighted by atomic mass is 9.97. The van der Waals surface area contributed by atoms with Gasteiger partial charge in [-0.3, -0.25) is 0 Å². The van der Waals surface area contributed by atoms with Crippen molar-refractivity contribution in [2.24, 2.45) is 5.92 Å². The Morgan fingerprint density at radius 3 is 2.29 bits per heavy atom. The molecule has 0 radical (unpaired) electrons. The van der Waals surface area contributed by atoms with Crippen molar-refractivity contribution in [3.05, 3.63) is 0 Å². The van der Waals surface area contributed by atoms with E-state index >= 15 is 0 Å². The van der Waals surface area contributed by atoms with Crippen LogP contribution >= 0.6 is 0 Å². The number of nitrogens with one attached hydrogen (secondary N) is 1. The van der Waals surface area contributed by atoms with Crippen molar-refractivity contribution in [1.29, 1.82) is 0 Å². The van der Waals surface area contributed by atoms with Crippen molar-refractivity contribution in [3.8, 4) is 0 Å². The molecule has 2 aliphatic heterocycles. The summed E-state index contributed by atoms with van der Waals surface area (Å²) in [6.45, 7) is 11.4. The Morgan fingerprint density at radius 1 is 1.24 bits per heavy atom. The number of ether oxygens (including phenoxy) is 1. The maximum atomic E-state index is 12.4. The molecule has 2 rings (SSSR count). The van der Waals surface area contributed by atoms with Gasteiger partial charge in [0.2, 0.25) is 0 Å². The summed E-state index contributed by atoms with van der Waals surface area (Å²) in [5.41, 5.74) is -0.400. The number of carbonyl (C=O) groups excluding carboxylic acids is 1. The SMILES string of the molecule is CC(C)CCNC1CC2CCC(C1)N2C(=O)OC(C)(C)C. The number of hydrogen-bond acceptors (Lipinski definition) is 3. The van der Waals surface area contributed by atoms with E-state index in [1.54, 1.807) is 0 Å². The maximum Gasteiger partial charge on any atom is 0.410 e. The molecule has 2 heterocycles. The van der Waals surface area contributed by atoms with E-state index in [4.69, 9.17) is 4.74 Å². The molecule has 4 nitrogen and oxygen atoms in total. The highest BCUT2D eigenvalue weighted by molar-refractivity contribution is 5.69. The van der Waals surface area contributed by atoms with Gasteiger partial charge in [0.1, 0.15) is 5.60 Å². The molecular formula is C17H32N2O2. The highest BCUT2D eigenvalue weighted by Crippen LogP contribution is 2.36. The Morgan fingerprint density at radius 2 is 1.81 bits per heavy atom. The normalized spacial score (nSPS) is 29.0. The second kappa shape index (κ2) is 6.55. The number of rotatable bonds is 4. The monoisotopic (exact) mass is 296 g/mol. The lowest BCUT2D eigenvalue weighted by Crippen LogP contribution is -2.52. The van der Waals surface area contributed by atoms with E-state index < -0.39 is 5.60 Å². The Hall–Kier alpha value is -0.770. The Balaban J connectivity index is 1.86. The van der Waals surface area contributed by atoms with Crippen molar-refractivity contribution < 1.29 is 9.53 Å². The molecule has 4 heteroatoms. The van der Waals surface area contributed by atoms with Crippen LogP contribution < -0.4 is 5.32 Å². The number of carbonyl (C=O) groups is 1. The molecule has 1 N–H and O–H groups in total. The highest BCUT2D eigenvalue weighted by Gasteiger charge is 2.44. The second-order valence-corrected chi connectivity index (χ2v) is 8.08. The molecule has 122 valence electrons. The Bertz CT molecular complexity index is 348. The zero-order valence-corrected chi connectivity index (χ0v) is 14.3. The molecule has 2 atom stereocenters. The van der Waals surface area contributed by atoms with E-state index in [1.807, 2.05) is 25.7 Å². The molecule has 0 spiro atoms. The summed E-state index contributed by atoms with van der Waals surface area (Å²) < 4.78 is 5.57. The molecule has 2 aliphatic rings. The Labute approximate surface area is 129 Å². The van der Waals surface area contributed by atoms with Crippen molar-refractivity contribution >= 4 is 6.09 Å². The third kappa shape index (κ3) is 4.60. The van der Waals surface area contributed by atoms with Crippen LogP contribution in [0.3, 0.4) is 0 Å². The fourth-order valence-electron chi connectivity index (χ4n) is 3.53. The summed E-state index contributed by atoms with van der Waals surface area (Å²) in [6, 6.07) is 1.31. The van der Waals surface area contributed by atoms with E-state index in [-0.39, 0.29) is 6.09 Å². The molecule has 0 aromatic heterocycles. The topological polar surface area (TPSA) is 41.6 Å². The number of amides is 1. The first kappa shape index (κ1) is 16.6. The molecule has 2 saturated heterocycles. The quantitative estimate of drug-likeness (QED) is 0.862. The van der Waals surface area contributed by atoms with Crippen LogP contribution in [0.25, 0.3) is 0 Å². The lowest BCUT2D eigenvalue weighted by molar-refractivity contribution is 0.00473. The number of hydrogen-bond donors (Lipinski definition) is 1. The summed E-state index contributed by atoms with van der Waals surface area (Å²) in [6.07, 6.45) is 5.53. The van der Waals surface area contributed by atoms with Crippen molar-refractivity contribution in [1.82, 2.24) is 10.2 Å². The van der Waals surface area contributed by atoms with Gasteiger partial charge in [-0.2, -0.15) is 0 Å². The van der Waals surface area contributed by atoms with Gasteiger partial charge in [-0.25, -0.2) is 4.79 Å². The van der Waals surface area contributed by atoms with Crippen molar-refractivity contribution in [2.75, 3.05) is 6.54 Å². The summed E-state index contributed by atoms with van der Waals surface area (Å²) in [5.74, 6) is 0.746. The predicted octanol–water partition coefficient (Wildman–Crippen LogP) is 3.55. The first-order chi connectivity index (χ1) is 9.76. The minimum absolute atomic E-state index is 0.115. The van der Waals surface area contributed by atoms with E-state index in [9.17, 15) is 4.79 Å². The van der Waals surface area contributed by atoms with Gasteiger partial charge in [-0.1, -0.05) is 13.8 Å². The van der Waals surface area contributed by atoms with Crippen LogP contribution in [0.5, 0.6) is 0 Å². The van der Waals surface area contributed by atoms with Gasteiger partial charge in [-0.15, -0.1) is 0 Å². The third-order valence-corrected chi connectivity index (χ3v) is 4.49. The molecule has 2 bridgehead atoms. The average Bonchev–Trinajstić information content (AvgIpc) is 2.59. The predicted molar refractivity (Wildman–Crippen MR) is 85.4 cm³/mol. The van der Waals surface area contributed by atoms with Gasteiger partial charge < -0.3 is 15.0 Å². The van der Waals surface area contributed by atoms with Crippen LogP contribution in [0, 0.1) is 5.92 Å². The largest absolute Gasteiger partial charge is 0.444 e.